The van der Waals surface area contributed by atoms with Gasteiger partial charge in [0, 0.05) is 10.3 Å². The van der Waals surface area contributed by atoms with Gasteiger partial charge in [0.05, 0.1) is 18.2 Å². The Bertz CT molecular complexity index is 1170. The van der Waals surface area contributed by atoms with Crippen molar-refractivity contribution in [2.45, 2.75) is 26.2 Å². The molecule has 8 heteroatoms. The van der Waals surface area contributed by atoms with Gasteiger partial charge in [-0.15, -0.1) is 11.3 Å². The van der Waals surface area contributed by atoms with Gasteiger partial charge in [-0.3, -0.25) is 4.79 Å². The number of hydrogen-bond donors (Lipinski definition) is 1. The van der Waals surface area contributed by atoms with Crippen LogP contribution in [-0.4, -0.2) is 36.5 Å². The van der Waals surface area contributed by atoms with Gasteiger partial charge in [-0.25, -0.2) is 14.6 Å². The molecule has 1 atom stereocenters. The number of carbonyl (C=O) groups excluding carboxylic acids is 3. The number of aromatic nitrogens is 1. The van der Waals surface area contributed by atoms with Gasteiger partial charge in [0.2, 0.25) is 0 Å². The van der Waals surface area contributed by atoms with Crippen molar-refractivity contribution in [3.63, 3.8) is 0 Å². The van der Waals surface area contributed by atoms with Gasteiger partial charge in [0.1, 0.15) is 10.7 Å². The van der Waals surface area contributed by atoms with Crippen LogP contribution in [0.3, 0.4) is 0 Å². The molecule has 2 aromatic heterocycles. The van der Waals surface area contributed by atoms with Crippen molar-refractivity contribution < 1.29 is 23.9 Å². The zero-order valence-corrected chi connectivity index (χ0v) is 18.1. The standard InChI is InChI=1S/C23H22N2O5S/c1-13-7-9-15-18(11-13)31-21(20(15)23(28)29-2)25-19(26)12-30-22(27)17-10-8-14-5-3-4-6-16(14)24-17/h3-6,8,10,13H,7,9,11-12H2,1-2H3,(H,25,26). The maximum Gasteiger partial charge on any atom is 0.357 e. The smallest absolute Gasteiger partial charge is 0.357 e. The van der Waals surface area contributed by atoms with E-state index in [1.54, 1.807) is 18.2 Å². The second-order valence-corrected chi connectivity index (χ2v) is 8.67. The zero-order chi connectivity index (χ0) is 22.0. The van der Waals surface area contributed by atoms with Gasteiger partial charge in [-0.2, -0.15) is 0 Å². The maximum absolute atomic E-state index is 12.4. The van der Waals surface area contributed by atoms with Crippen LogP contribution in [-0.2, 0) is 27.1 Å². The lowest BCUT2D eigenvalue weighted by Gasteiger charge is -2.18. The molecular weight excluding hydrogens is 416 g/mol. The molecule has 160 valence electrons. The van der Waals surface area contributed by atoms with Crippen molar-refractivity contribution in [2.75, 3.05) is 19.0 Å². The van der Waals surface area contributed by atoms with Crippen molar-refractivity contribution in [1.29, 1.82) is 0 Å². The quantitative estimate of drug-likeness (QED) is 0.605. The molecular formula is C23H22N2O5S. The summed E-state index contributed by atoms with van der Waals surface area (Å²) in [5, 5.41) is 4.06. The lowest BCUT2D eigenvalue weighted by Crippen LogP contribution is -2.22. The molecule has 0 bridgehead atoms. The Morgan fingerprint density at radius 3 is 2.77 bits per heavy atom. The first-order valence-electron chi connectivity index (χ1n) is 10.0. The van der Waals surface area contributed by atoms with E-state index < -0.39 is 24.5 Å². The third-order valence-electron chi connectivity index (χ3n) is 5.30. The first-order chi connectivity index (χ1) is 15.0. The van der Waals surface area contributed by atoms with Crippen molar-refractivity contribution in [3.8, 4) is 0 Å². The van der Waals surface area contributed by atoms with Gasteiger partial charge in [0.15, 0.2) is 6.61 Å². The van der Waals surface area contributed by atoms with Crippen LogP contribution in [0, 0.1) is 5.92 Å². The lowest BCUT2D eigenvalue weighted by molar-refractivity contribution is -0.119. The second-order valence-electron chi connectivity index (χ2n) is 7.56. The number of rotatable bonds is 5. The minimum atomic E-state index is -0.687. The number of ether oxygens (including phenoxy) is 2. The fourth-order valence-electron chi connectivity index (χ4n) is 3.70. The molecule has 2 heterocycles. The minimum absolute atomic E-state index is 0.127. The Morgan fingerprint density at radius 2 is 1.97 bits per heavy atom. The number of hydrogen-bond acceptors (Lipinski definition) is 7. The van der Waals surface area contributed by atoms with E-state index in [1.807, 2.05) is 18.2 Å². The van der Waals surface area contributed by atoms with E-state index in [9.17, 15) is 14.4 Å². The van der Waals surface area contributed by atoms with Crippen molar-refractivity contribution >= 4 is 45.1 Å². The summed E-state index contributed by atoms with van der Waals surface area (Å²) in [6.45, 7) is 1.69. The minimum Gasteiger partial charge on any atom is -0.465 e. The van der Waals surface area contributed by atoms with Crippen LogP contribution in [0.4, 0.5) is 5.00 Å². The average Bonchev–Trinajstić information content (AvgIpc) is 3.13. The molecule has 0 spiro atoms. The summed E-state index contributed by atoms with van der Waals surface area (Å²) in [7, 11) is 1.32. The van der Waals surface area contributed by atoms with Crippen LogP contribution in [0.5, 0.6) is 0 Å². The number of methoxy groups -OCH3 is 1. The largest absolute Gasteiger partial charge is 0.465 e. The predicted molar refractivity (Wildman–Crippen MR) is 118 cm³/mol. The number of thiophene rings is 1. The highest BCUT2D eigenvalue weighted by Gasteiger charge is 2.29. The summed E-state index contributed by atoms with van der Waals surface area (Å²) in [6, 6.07) is 10.7. The number of benzene rings is 1. The van der Waals surface area contributed by atoms with Gasteiger partial charge >= 0.3 is 11.9 Å². The van der Waals surface area contributed by atoms with Crippen LogP contribution >= 0.6 is 11.3 Å². The van der Waals surface area contributed by atoms with Gasteiger partial charge in [-0.05, 0) is 42.9 Å². The first kappa shape index (κ1) is 21.0. The molecule has 0 radical (unpaired) electrons. The summed E-state index contributed by atoms with van der Waals surface area (Å²) < 4.78 is 10.1. The number of para-hydroxylation sites is 1. The molecule has 1 unspecified atom stereocenters. The molecule has 3 aromatic rings. The van der Waals surface area contributed by atoms with E-state index >= 15 is 0 Å². The number of nitrogens with zero attached hydrogens (tertiary/aromatic N) is 1. The number of carbonyl (C=O) groups is 3. The number of nitrogens with one attached hydrogen (secondary N) is 1. The number of pyridine rings is 1. The van der Waals surface area contributed by atoms with E-state index in [-0.39, 0.29) is 5.69 Å². The lowest BCUT2D eigenvalue weighted by atomic mass is 9.88. The fraction of sp³-hybridized carbons (Fsp3) is 0.304. The highest BCUT2D eigenvalue weighted by Crippen LogP contribution is 2.40. The zero-order valence-electron chi connectivity index (χ0n) is 17.3. The number of fused-ring (bicyclic) bond motifs is 2. The van der Waals surface area contributed by atoms with E-state index in [0.29, 0.717) is 22.0 Å². The molecule has 1 aromatic carbocycles. The molecule has 0 fully saturated rings. The Balaban J connectivity index is 1.45. The highest BCUT2D eigenvalue weighted by molar-refractivity contribution is 7.17. The van der Waals surface area contributed by atoms with Gasteiger partial charge in [0.25, 0.3) is 5.91 Å². The molecule has 0 aliphatic heterocycles. The number of amides is 1. The Labute approximate surface area is 183 Å². The Hall–Kier alpha value is -3.26. The predicted octanol–water partition coefficient (Wildman–Crippen LogP) is 4.00. The normalized spacial score (nSPS) is 15.2. The van der Waals surface area contributed by atoms with Crippen LogP contribution in [0.1, 0.15) is 44.6 Å². The Kier molecular flexibility index (Phi) is 5.99. The van der Waals surface area contributed by atoms with Crippen LogP contribution in [0.25, 0.3) is 10.9 Å². The third-order valence-corrected chi connectivity index (χ3v) is 6.47. The molecule has 4 rings (SSSR count). The summed E-state index contributed by atoms with van der Waals surface area (Å²) in [5.74, 6) is -1.16. The number of anilines is 1. The maximum atomic E-state index is 12.4. The van der Waals surface area contributed by atoms with Crippen LogP contribution < -0.4 is 5.32 Å². The van der Waals surface area contributed by atoms with Crippen molar-refractivity contribution in [2.24, 2.45) is 5.92 Å². The SMILES string of the molecule is COC(=O)c1c(NC(=O)COC(=O)c2ccc3ccccc3n2)sc2c1CCC(C)C2. The molecule has 1 amide bonds. The molecule has 7 nitrogen and oxygen atoms in total. The van der Waals surface area contributed by atoms with E-state index in [4.69, 9.17) is 9.47 Å². The molecule has 31 heavy (non-hydrogen) atoms. The second kappa shape index (κ2) is 8.85. The van der Waals surface area contributed by atoms with E-state index in [0.717, 1.165) is 35.1 Å². The number of esters is 2. The van der Waals surface area contributed by atoms with Crippen LogP contribution in [0.15, 0.2) is 36.4 Å². The monoisotopic (exact) mass is 438 g/mol. The summed E-state index contributed by atoms with van der Waals surface area (Å²) >= 11 is 1.38. The third kappa shape index (κ3) is 4.44. The van der Waals surface area contributed by atoms with Gasteiger partial charge in [-0.1, -0.05) is 31.2 Å². The van der Waals surface area contributed by atoms with E-state index in [2.05, 4.69) is 17.2 Å². The summed E-state index contributed by atoms with van der Waals surface area (Å²) in [4.78, 5) is 42.5. The Morgan fingerprint density at radius 1 is 1.16 bits per heavy atom. The van der Waals surface area contributed by atoms with Gasteiger partial charge < -0.3 is 14.8 Å². The van der Waals surface area contributed by atoms with Crippen LogP contribution in [0.2, 0.25) is 0 Å². The molecule has 0 saturated heterocycles. The molecule has 1 aliphatic rings. The topological polar surface area (TPSA) is 94.6 Å². The molecule has 1 N–H and O–H groups in total. The molecule has 0 saturated carbocycles. The van der Waals surface area contributed by atoms with Crippen molar-refractivity contribution in [3.05, 3.63) is 58.1 Å². The van der Waals surface area contributed by atoms with E-state index in [1.165, 1.54) is 18.4 Å². The highest BCUT2D eigenvalue weighted by atomic mass is 32.1. The summed E-state index contributed by atoms with van der Waals surface area (Å²) in [5.41, 5.74) is 2.15. The summed E-state index contributed by atoms with van der Waals surface area (Å²) in [6.07, 6.45) is 2.62. The van der Waals surface area contributed by atoms with Crippen molar-refractivity contribution in [1.82, 2.24) is 4.98 Å². The first-order valence-corrected chi connectivity index (χ1v) is 10.8. The average molecular weight is 439 g/mol. The molecule has 1 aliphatic carbocycles. The fourth-order valence-corrected chi connectivity index (χ4v) is 5.12.